The summed E-state index contributed by atoms with van der Waals surface area (Å²) in [6, 6.07) is 5.11. The fourth-order valence-electron chi connectivity index (χ4n) is 2.19. The highest BCUT2D eigenvalue weighted by atomic mass is 35.5. The van der Waals surface area contributed by atoms with E-state index >= 15 is 0 Å². The first-order valence-corrected chi connectivity index (χ1v) is 9.24. The van der Waals surface area contributed by atoms with Crippen molar-refractivity contribution in [2.24, 2.45) is 0 Å². The first-order valence-electron chi connectivity index (χ1n) is 7.64. The lowest BCUT2D eigenvalue weighted by atomic mass is 10.2. The number of halogens is 1. The number of hydrogen-bond donors (Lipinski definition) is 2. The molecule has 6 nitrogen and oxygen atoms in total. The number of carbonyl (C=O) groups excluding carboxylic acids is 1. The van der Waals surface area contributed by atoms with Crippen molar-refractivity contribution in [3.63, 3.8) is 0 Å². The standard InChI is InChI=1S/C17H19ClN2O4S2/c1-5-9-6-10(16(21)24-4)15(26-9)20-17(25)19-12-8-13(22-2)11(18)7-14(12)23-3/h6-8H,5H2,1-4H3,(H2,19,20,25). The van der Waals surface area contributed by atoms with Gasteiger partial charge >= 0.3 is 5.97 Å². The first-order chi connectivity index (χ1) is 12.4. The summed E-state index contributed by atoms with van der Waals surface area (Å²) in [5.41, 5.74) is 1.03. The van der Waals surface area contributed by atoms with E-state index < -0.39 is 5.97 Å². The maximum Gasteiger partial charge on any atom is 0.340 e. The molecule has 0 spiro atoms. The molecule has 2 aromatic rings. The molecule has 0 fully saturated rings. The van der Waals surface area contributed by atoms with Crippen LogP contribution in [0.1, 0.15) is 22.2 Å². The summed E-state index contributed by atoms with van der Waals surface area (Å²) < 4.78 is 15.4. The minimum atomic E-state index is -0.419. The molecular formula is C17H19ClN2O4S2. The highest BCUT2D eigenvalue weighted by molar-refractivity contribution is 7.80. The number of ether oxygens (including phenoxy) is 3. The summed E-state index contributed by atoms with van der Waals surface area (Å²) in [5, 5.41) is 7.41. The van der Waals surface area contributed by atoms with E-state index in [1.807, 2.05) is 6.92 Å². The Labute approximate surface area is 166 Å². The molecule has 0 radical (unpaired) electrons. The maximum atomic E-state index is 12.0. The van der Waals surface area contributed by atoms with Gasteiger partial charge in [0.25, 0.3) is 0 Å². The van der Waals surface area contributed by atoms with Gasteiger partial charge in [0.2, 0.25) is 0 Å². The predicted octanol–water partition coefficient (Wildman–Crippen LogP) is 4.58. The Hall–Kier alpha value is -2.03. The molecule has 26 heavy (non-hydrogen) atoms. The van der Waals surface area contributed by atoms with Crippen LogP contribution in [-0.4, -0.2) is 32.4 Å². The summed E-state index contributed by atoms with van der Waals surface area (Å²) in [4.78, 5) is 13.0. The Morgan fingerprint density at radius 2 is 1.85 bits per heavy atom. The summed E-state index contributed by atoms with van der Waals surface area (Å²) in [6.07, 6.45) is 0.804. The van der Waals surface area contributed by atoms with Crippen LogP contribution in [0.25, 0.3) is 0 Å². The van der Waals surface area contributed by atoms with E-state index in [0.29, 0.717) is 37.9 Å². The van der Waals surface area contributed by atoms with Crippen LogP contribution in [0.2, 0.25) is 5.02 Å². The van der Waals surface area contributed by atoms with Crippen molar-refractivity contribution in [3.05, 3.63) is 33.7 Å². The van der Waals surface area contributed by atoms with Crippen LogP contribution in [0.15, 0.2) is 18.2 Å². The van der Waals surface area contributed by atoms with Crippen LogP contribution in [0, 0.1) is 0 Å². The van der Waals surface area contributed by atoms with Crippen molar-refractivity contribution in [2.45, 2.75) is 13.3 Å². The molecule has 0 amide bonds. The molecule has 2 N–H and O–H groups in total. The van der Waals surface area contributed by atoms with Crippen molar-refractivity contribution >= 4 is 56.9 Å². The lowest BCUT2D eigenvalue weighted by Crippen LogP contribution is -2.20. The molecule has 0 atom stereocenters. The quantitative estimate of drug-likeness (QED) is 0.529. The smallest absolute Gasteiger partial charge is 0.340 e. The van der Waals surface area contributed by atoms with Crippen LogP contribution in [0.3, 0.4) is 0 Å². The summed E-state index contributed by atoms with van der Waals surface area (Å²) in [5.74, 6) is 0.572. The monoisotopic (exact) mass is 414 g/mol. The molecule has 0 saturated carbocycles. The highest BCUT2D eigenvalue weighted by Crippen LogP contribution is 2.36. The molecule has 0 bridgehead atoms. The zero-order valence-corrected chi connectivity index (χ0v) is 17.2. The second-order valence-electron chi connectivity index (χ2n) is 5.07. The van der Waals surface area contributed by atoms with E-state index in [2.05, 4.69) is 10.6 Å². The molecule has 9 heteroatoms. The Bertz CT molecular complexity index is 823. The molecule has 1 heterocycles. The van der Waals surface area contributed by atoms with Crippen molar-refractivity contribution in [1.29, 1.82) is 0 Å². The zero-order valence-electron chi connectivity index (χ0n) is 14.8. The third kappa shape index (κ3) is 4.57. The second-order valence-corrected chi connectivity index (χ2v) is 7.02. The summed E-state index contributed by atoms with van der Waals surface area (Å²) in [6.45, 7) is 2.01. The Kier molecular flexibility index (Phi) is 7.07. The van der Waals surface area contributed by atoms with E-state index in [1.54, 1.807) is 18.2 Å². The largest absolute Gasteiger partial charge is 0.495 e. The minimum absolute atomic E-state index is 0.294. The fraction of sp³-hybridized carbons (Fsp3) is 0.294. The van der Waals surface area contributed by atoms with Gasteiger partial charge in [-0.15, -0.1) is 11.3 Å². The number of aryl methyl sites for hydroxylation is 1. The predicted molar refractivity (Wildman–Crippen MR) is 109 cm³/mol. The van der Waals surface area contributed by atoms with Crippen molar-refractivity contribution in [1.82, 2.24) is 0 Å². The van der Waals surface area contributed by atoms with E-state index in [9.17, 15) is 4.79 Å². The van der Waals surface area contributed by atoms with Gasteiger partial charge in [-0.1, -0.05) is 18.5 Å². The van der Waals surface area contributed by atoms with Crippen LogP contribution in [0.4, 0.5) is 10.7 Å². The Morgan fingerprint density at radius 3 is 2.42 bits per heavy atom. The van der Waals surface area contributed by atoms with Gasteiger partial charge in [0.05, 0.1) is 37.6 Å². The van der Waals surface area contributed by atoms with Gasteiger partial charge in [-0.25, -0.2) is 4.79 Å². The van der Waals surface area contributed by atoms with Crippen LogP contribution in [0.5, 0.6) is 11.5 Å². The third-order valence-corrected chi connectivity index (χ3v) is 5.18. The number of thiophene rings is 1. The van der Waals surface area contributed by atoms with Gasteiger partial charge in [-0.2, -0.15) is 0 Å². The van der Waals surface area contributed by atoms with E-state index in [1.165, 1.54) is 32.7 Å². The van der Waals surface area contributed by atoms with Gasteiger partial charge in [-0.3, -0.25) is 0 Å². The minimum Gasteiger partial charge on any atom is -0.495 e. The van der Waals surface area contributed by atoms with Gasteiger partial charge in [0, 0.05) is 17.0 Å². The fourth-order valence-corrected chi connectivity index (χ4v) is 3.68. The van der Waals surface area contributed by atoms with E-state index in [-0.39, 0.29) is 0 Å². The molecule has 1 aromatic heterocycles. The second kappa shape index (κ2) is 9.07. The molecular weight excluding hydrogens is 396 g/mol. The van der Waals surface area contributed by atoms with Gasteiger partial charge < -0.3 is 24.8 Å². The normalized spacial score (nSPS) is 10.2. The molecule has 0 aliphatic rings. The van der Waals surface area contributed by atoms with E-state index in [4.69, 9.17) is 38.0 Å². The highest BCUT2D eigenvalue weighted by Gasteiger charge is 2.18. The van der Waals surface area contributed by atoms with Gasteiger partial charge in [-0.05, 0) is 24.7 Å². The number of nitrogens with one attached hydrogen (secondary N) is 2. The molecule has 0 aliphatic carbocycles. The summed E-state index contributed by atoms with van der Waals surface area (Å²) >= 11 is 12.9. The molecule has 140 valence electrons. The van der Waals surface area contributed by atoms with Crippen molar-refractivity contribution in [2.75, 3.05) is 32.0 Å². The Balaban J connectivity index is 2.24. The molecule has 1 aromatic carbocycles. The van der Waals surface area contributed by atoms with Crippen LogP contribution < -0.4 is 20.1 Å². The average Bonchev–Trinajstić information content (AvgIpc) is 3.04. The number of methoxy groups -OCH3 is 3. The number of anilines is 2. The zero-order chi connectivity index (χ0) is 19.3. The maximum absolute atomic E-state index is 12.0. The molecule has 0 saturated heterocycles. The number of carbonyl (C=O) groups is 1. The van der Waals surface area contributed by atoms with Crippen LogP contribution >= 0.6 is 35.2 Å². The topological polar surface area (TPSA) is 68.8 Å². The number of rotatable bonds is 6. The van der Waals surface area contributed by atoms with Gasteiger partial charge in [0.1, 0.15) is 16.5 Å². The molecule has 2 rings (SSSR count). The van der Waals surface area contributed by atoms with Gasteiger partial charge in [0.15, 0.2) is 5.11 Å². The number of hydrogen-bond acceptors (Lipinski definition) is 6. The Morgan fingerprint density at radius 1 is 1.15 bits per heavy atom. The summed E-state index contributed by atoms with van der Waals surface area (Å²) in [7, 11) is 4.40. The van der Waals surface area contributed by atoms with Crippen molar-refractivity contribution in [3.8, 4) is 11.5 Å². The van der Waals surface area contributed by atoms with Crippen LogP contribution in [-0.2, 0) is 11.2 Å². The number of thiocarbonyl (C=S) groups is 1. The molecule has 0 aliphatic heterocycles. The third-order valence-electron chi connectivity index (χ3n) is 3.49. The lowest BCUT2D eigenvalue weighted by molar-refractivity contribution is 0.0602. The number of benzene rings is 1. The first kappa shape index (κ1) is 20.3. The molecule has 0 unspecified atom stereocenters. The number of esters is 1. The lowest BCUT2D eigenvalue weighted by Gasteiger charge is -2.15. The van der Waals surface area contributed by atoms with E-state index in [0.717, 1.165) is 11.3 Å². The van der Waals surface area contributed by atoms with Crippen molar-refractivity contribution < 1.29 is 19.0 Å². The SMILES string of the molecule is CCc1cc(C(=O)OC)c(NC(=S)Nc2cc(OC)c(Cl)cc2OC)s1. The average molecular weight is 415 g/mol.